The number of hydrogen-bond donors (Lipinski definition) is 2. The lowest BCUT2D eigenvalue weighted by Crippen LogP contribution is -2.58. The summed E-state index contributed by atoms with van der Waals surface area (Å²) in [6.45, 7) is 5.28. The number of nitrogens with zero attached hydrogens (tertiary/aromatic N) is 2. The zero-order valence-electron chi connectivity index (χ0n) is 20.3. The van der Waals surface area contributed by atoms with Gasteiger partial charge in [0.15, 0.2) is 11.4 Å². The number of hydrogen-bond acceptors (Lipinski definition) is 5. The summed E-state index contributed by atoms with van der Waals surface area (Å²) in [4.78, 5) is 26.2. The highest BCUT2D eigenvalue weighted by molar-refractivity contribution is 7.10. The topological polar surface area (TPSA) is 73.8 Å². The molecule has 2 heterocycles. The molecule has 2 aromatic carbocycles. The highest BCUT2D eigenvalue weighted by Crippen LogP contribution is 2.46. The van der Waals surface area contributed by atoms with Crippen molar-refractivity contribution in [3.8, 4) is 0 Å². The van der Waals surface area contributed by atoms with Gasteiger partial charge in [-0.2, -0.15) is 5.10 Å². The molecule has 36 heavy (non-hydrogen) atoms. The molecule has 0 saturated heterocycles. The van der Waals surface area contributed by atoms with Crippen LogP contribution in [0, 0.1) is 17.5 Å². The number of carbonyl (C=O) groups is 2. The smallest absolute Gasteiger partial charge is 0.249 e. The van der Waals surface area contributed by atoms with Crippen molar-refractivity contribution in [2.75, 3.05) is 18.6 Å². The van der Waals surface area contributed by atoms with Crippen LogP contribution in [0.25, 0.3) is 0 Å². The van der Waals surface area contributed by atoms with Crippen molar-refractivity contribution in [3.63, 3.8) is 0 Å². The number of likely N-dealkylation sites (N-methyl/N-ethyl adjacent to an activating group) is 1. The van der Waals surface area contributed by atoms with Crippen LogP contribution in [0.3, 0.4) is 0 Å². The molecule has 2 amide bonds. The third-order valence-electron chi connectivity index (χ3n) is 5.74. The van der Waals surface area contributed by atoms with Crippen LogP contribution in [0.5, 0.6) is 0 Å². The van der Waals surface area contributed by atoms with Crippen LogP contribution in [-0.4, -0.2) is 36.7 Å². The molecule has 1 aliphatic rings. The Kier molecular flexibility index (Phi) is 8.52. The highest BCUT2D eigenvalue weighted by atomic mass is 32.1. The summed E-state index contributed by atoms with van der Waals surface area (Å²) in [5, 5.41) is 12.7. The number of halogens is 3. The summed E-state index contributed by atoms with van der Waals surface area (Å²) in [5.41, 5.74) is -0.710. The Morgan fingerprint density at radius 1 is 1.06 bits per heavy atom. The van der Waals surface area contributed by atoms with Crippen LogP contribution in [0.15, 0.2) is 65.1 Å². The Hall–Kier alpha value is -3.66. The van der Waals surface area contributed by atoms with Gasteiger partial charge in [0, 0.05) is 18.0 Å². The molecule has 0 radical (unpaired) electrons. The van der Waals surface area contributed by atoms with Crippen molar-refractivity contribution in [1.82, 2.24) is 10.6 Å². The number of hydrazone groups is 1. The number of benzene rings is 2. The summed E-state index contributed by atoms with van der Waals surface area (Å²) in [6, 6.07) is 12.2. The predicted octanol–water partition coefficient (Wildman–Crippen LogP) is 4.82. The fraction of sp³-hybridized carbons (Fsp3) is 0.269. The standard InChI is InChI=1S/C24H21F3N4O2S.C2H6/c1-24(23(33)29-13-20(32)28-2)21(19-4-3-11-34-19)22(14-5-7-15(25)8-6-14)30-31(24)18-10-9-16(26)12-17(18)27;1-2/h3-12,21H,13H2,1-2H3,(H,28,32)(H,29,33);1-2H3. The molecular weight excluding hydrogens is 489 g/mol. The van der Waals surface area contributed by atoms with Gasteiger partial charge >= 0.3 is 0 Å². The van der Waals surface area contributed by atoms with Crippen molar-refractivity contribution in [1.29, 1.82) is 0 Å². The number of thiophene rings is 1. The Labute approximate surface area is 211 Å². The first-order valence-electron chi connectivity index (χ1n) is 11.4. The summed E-state index contributed by atoms with van der Waals surface area (Å²) < 4.78 is 42.2. The van der Waals surface area contributed by atoms with Gasteiger partial charge in [0.1, 0.15) is 11.6 Å². The lowest BCUT2D eigenvalue weighted by Gasteiger charge is -2.37. The van der Waals surface area contributed by atoms with Gasteiger partial charge in [-0.1, -0.05) is 32.0 Å². The largest absolute Gasteiger partial charge is 0.358 e. The van der Waals surface area contributed by atoms with Gasteiger partial charge in [0.2, 0.25) is 11.8 Å². The minimum Gasteiger partial charge on any atom is -0.358 e. The molecule has 2 unspecified atom stereocenters. The van der Waals surface area contributed by atoms with Gasteiger partial charge in [-0.05, 0) is 48.2 Å². The Bertz CT molecular complexity index is 1250. The second-order valence-corrected chi connectivity index (χ2v) is 8.83. The highest BCUT2D eigenvalue weighted by Gasteiger charge is 2.55. The molecule has 2 N–H and O–H groups in total. The lowest BCUT2D eigenvalue weighted by molar-refractivity contribution is -0.129. The third-order valence-corrected chi connectivity index (χ3v) is 6.67. The molecule has 0 fully saturated rings. The molecule has 4 rings (SSSR count). The molecule has 0 spiro atoms. The molecule has 1 aromatic heterocycles. The predicted molar refractivity (Wildman–Crippen MR) is 136 cm³/mol. The van der Waals surface area contributed by atoms with Crippen molar-refractivity contribution >= 4 is 34.6 Å². The number of nitrogens with one attached hydrogen (secondary N) is 2. The van der Waals surface area contributed by atoms with Crippen LogP contribution in [0.4, 0.5) is 18.9 Å². The molecule has 0 saturated carbocycles. The van der Waals surface area contributed by atoms with Gasteiger partial charge < -0.3 is 10.6 Å². The van der Waals surface area contributed by atoms with E-state index in [-0.39, 0.29) is 12.2 Å². The first kappa shape index (κ1) is 26.9. The maximum absolute atomic E-state index is 14.9. The van der Waals surface area contributed by atoms with E-state index in [1.807, 2.05) is 31.4 Å². The van der Waals surface area contributed by atoms with Gasteiger partial charge in [-0.25, -0.2) is 18.2 Å². The zero-order valence-corrected chi connectivity index (χ0v) is 21.1. The van der Waals surface area contributed by atoms with Gasteiger partial charge in [0.05, 0.1) is 23.9 Å². The number of amides is 2. The van der Waals surface area contributed by atoms with E-state index < -0.39 is 40.7 Å². The zero-order chi connectivity index (χ0) is 26.5. The van der Waals surface area contributed by atoms with E-state index in [0.717, 1.165) is 10.9 Å². The van der Waals surface area contributed by atoms with Crippen molar-refractivity contribution < 1.29 is 22.8 Å². The minimum atomic E-state index is -1.54. The fourth-order valence-corrected chi connectivity index (χ4v) is 4.93. The molecule has 2 atom stereocenters. The van der Waals surface area contributed by atoms with E-state index in [1.165, 1.54) is 53.7 Å². The second kappa shape index (κ2) is 11.4. The average molecular weight is 517 g/mol. The van der Waals surface area contributed by atoms with E-state index in [9.17, 15) is 22.8 Å². The quantitative estimate of drug-likeness (QED) is 0.493. The van der Waals surface area contributed by atoms with E-state index in [0.29, 0.717) is 17.3 Å². The average Bonchev–Trinajstić information content (AvgIpc) is 3.51. The summed E-state index contributed by atoms with van der Waals surface area (Å²) in [7, 11) is 1.44. The molecule has 10 heteroatoms. The maximum Gasteiger partial charge on any atom is 0.249 e. The molecule has 1 aliphatic heterocycles. The Morgan fingerprint density at radius 2 is 1.72 bits per heavy atom. The fourth-order valence-electron chi connectivity index (χ4n) is 3.98. The van der Waals surface area contributed by atoms with Crippen LogP contribution in [-0.2, 0) is 9.59 Å². The normalized spacial score (nSPS) is 18.7. The van der Waals surface area contributed by atoms with Gasteiger partial charge in [-0.3, -0.25) is 9.59 Å². The number of rotatable bonds is 6. The van der Waals surface area contributed by atoms with Gasteiger partial charge in [0.25, 0.3) is 0 Å². The molecule has 0 aliphatic carbocycles. The van der Waals surface area contributed by atoms with Crippen LogP contribution in [0.2, 0.25) is 0 Å². The summed E-state index contributed by atoms with van der Waals surface area (Å²) in [6.07, 6.45) is 0. The van der Waals surface area contributed by atoms with E-state index in [1.54, 1.807) is 6.92 Å². The SMILES string of the molecule is CC.CNC(=O)CNC(=O)C1(C)C(c2cccs2)C(c2ccc(F)cc2)=NN1c1ccc(F)cc1F. The second-order valence-electron chi connectivity index (χ2n) is 7.85. The van der Waals surface area contributed by atoms with Crippen molar-refractivity contribution in [3.05, 3.63) is 87.9 Å². The maximum atomic E-state index is 14.9. The molecular formula is C26H27F3N4O2S. The van der Waals surface area contributed by atoms with E-state index in [2.05, 4.69) is 15.7 Å². The first-order chi connectivity index (χ1) is 17.3. The van der Waals surface area contributed by atoms with Crippen LogP contribution >= 0.6 is 11.3 Å². The number of anilines is 1. The summed E-state index contributed by atoms with van der Waals surface area (Å²) in [5.74, 6) is -3.82. The van der Waals surface area contributed by atoms with Crippen molar-refractivity contribution in [2.45, 2.75) is 32.2 Å². The monoisotopic (exact) mass is 516 g/mol. The lowest BCUT2D eigenvalue weighted by atomic mass is 9.78. The number of carbonyl (C=O) groups excluding carboxylic acids is 2. The minimum absolute atomic E-state index is 0.113. The third kappa shape index (κ3) is 5.13. The van der Waals surface area contributed by atoms with E-state index >= 15 is 0 Å². The van der Waals surface area contributed by atoms with Crippen molar-refractivity contribution in [2.24, 2.45) is 5.10 Å². The van der Waals surface area contributed by atoms with Crippen LogP contribution < -0.4 is 15.6 Å². The first-order valence-corrected chi connectivity index (χ1v) is 12.3. The van der Waals surface area contributed by atoms with Crippen LogP contribution in [0.1, 0.15) is 37.1 Å². The molecule has 3 aromatic rings. The molecule has 190 valence electrons. The van der Waals surface area contributed by atoms with Gasteiger partial charge in [-0.15, -0.1) is 11.3 Å². The van der Waals surface area contributed by atoms with E-state index in [4.69, 9.17) is 0 Å². The Balaban J connectivity index is 0.00000176. The Morgan fingerprint density at radius 3 is 2.31 bits per heavy atom. The summed E-state index contributed by atoms with van der Waals surface area (Å²) >= 11 is 1.38. The molecule has 6 nitrogen and oxygen atoms in total. The molecule has 0 bridgehead atoms.